The Morgan fingerprint density at radius 2 is 1.71 bits per heavy atom. The van der Waals surface area contributed by atoms with Crippen LogP contribution in [-0.2, 0) is 10.0 Å². The average Bonchev–Trinajstić information content (AvgIpc) is 3.09. The molecule has 0 aliphatic carbocycles. The Labute approximate surface area is 141 Å². The van der Waals surface area contributed by atoms with Crippen LogP contribution in [0.25, 0.3) is 5.69 Å². The quantitative estimate of drug-likeness (QED) is 0.773. The summed E-state index contributed by atoms with van der Waals surface area (Å²) in [7, 11) is -3.56. The maximum atomic E-state index is 12.4. The summed E-state index contributed by atoms with van der Waals surface area (Å²) in [6, 6.07) is 13.9. The lowest BCUT2D eigenvalue weighted by atomic mass is 10.1. The third-order valence-electron chi connectivity index (χ3n) is 3.74. The number of nitrogens with one attached hydrogen (secondary N) is 1. The van der Waals surface area contributed by atoms with Gasteiger partial charge in [0, 0.05) is 6.04 Å². The maximum Gasteiger partial charge on any atom is 0.241 e. The van der Waals surface area contributed by atoms with Crippen LogP contribution in [0, 0.1) is 6.92 Å². The first-order valence-electron chi connectivity index (χ1n) is 7.50. The Morgan fingerprint density at radius 3 is 2.29 bits per heavy atom. The van der Waals surface area contributed by atoms with E-state index in [1.165, 1.54) is 6.33 Å². The van der Waals surface area contributed by atoms with Gasteiger partial charge in [-0.05, 0) is 43.7 Å². The molecule has 0 spiro atoms. The molecule has 7 heteroatoms. The van der Waals surface area contributed by atoms with Crippen LogP contribution in [0.1, 0.15) is 24.1 Å². The van der Waals surface area contributed by atoms with Crippen molar-refractivity contribution >= 4 is 10.0 Å². The number of hydrogen-bond acceptors (Lipinski definition) is 4. The number of rotatable bonds is 5. The molecule has 0 aliphatic heterocycles. The van der Waals surface area contributed by atoms with Crippen molar-refractivity contribution in [2.75, 3.05) is 0 Å². The minimum Gasteiger partial charge on any atom is -0.223 e. The fourth-order valence-corrected chi connectivity index (χ4v) is 3.58. The van der Waals surface area contributed by atoms with E-state index in [4.69, 9.17) is 0 Å². The largest absolute Gasteiger partial charge is 0.241 e. The third kappa shape index (κ3) is 3.52. The molecule has 2 aromatic carbocycles. The molecule has 0 aliphatic rings. The fraction of sp³-hybridized carbons (Fsp3) is 0.176. The molecule has 0 saturated heterocycles. The Hall–Kier alpha value is -2.51. The maximum absolute atomic E-state index is 12.4. The van der Waals surface area contributed by atoms with Gasteiger partial charge in [0.05, 0.1) is 10.6 Å². The molecule has 24 heavy (non-hydrogen) atoms. The first-order chi connectivity index (χ1) is 11.5. The summed E-state index contributed by atoms with van der Waals surface area (Å²) < 4.78 is 29.2. The summed E-state index contributed by atoms with van der Waals surface area (Å²) in [5.74, 6) is 0. The van der Waals surface area contributed by atoms with Gasteiger partial charge in [0.25, 0.3) is 0 Å². The normalized spacial score (nSPS) is 12.9. The Bertz CT molecular complexity index is 902. The van der Waals surface area contributed by atoms with Crippen molar-refractivity contribution in [1.82, 2.24) is 19.5 Å². The lowest BCUT2D eigenvalue weighted by Gasteiger charge is -2.15. The van der Waals surface area contributed by atoms with Gasteiger partial charge >= 0.3 is 0 Å². The monoisotopic (exact) mass is 342 g/mol. The second-order valence-electron chi connectivity index (χ2n) is 5.59. The van der Waals surface area contributed by atoms with E-state index < -0.39 is 10.0 Å². The van der Waals surface area contributed by atoms with E-state index in [0.717, 1.165) is 16.8 Å². The first kappa shape index (κ1) is 16.4. The Balaban J connectivity index is 1.76. The molecule has 1 aromatic heterocycles. The lowest BCUT2D eigenvalue weighted by Crippen LogP contribution is -2.26. The van der Waals surface area contributed by atoms with Crippen LogP contribution < -0.4 is 4.72 Å². The zero-order valence-electron chi connectivity index (χ0n) is 13.4. The lowest BCUT2D eigenvalue weighted by molar-refractivity contribution is 0.567. The smallest absolute Gasteiger partial charge is 0.223 e. The van der Waals surface area contributed by atoms with E-state index in [9.17, 15) is 8.42 Å². The van der Waals surface area contributed by atoms with Crippen LogP contribution in [0.4, 0.5) is 0 Å². The van der Waals surface area contributed by atoms with Crippen LogP contribution >= 0.6 is 0 Å². The van der Waals surface area contributed by atoms with Crippen molar-refractivity contribution in [2.45, 2.75) is 24.8 Å². The van der Waals surface area contributed by atoms with Gasteiger partial charge in [-0.25, -0.2) is 22.8 Å². The average molecular weight is 342 g/mol. The van der Waals surface area contributed by atoms with Crippen LogP contribution in [0.15, 0.2) is 66.1 Å². The summed E-state index contributed by atoms with van der Waals surface area (Å²) in [6.45, 7) is 3.74. The second kappa shape index (κ2) is 6.54. The summed E-state index contributed by atoms with van der Waals surface area (Å²) in [6.07, 6.45) is 3.07. The van der Waals surface area contributed by atoms with Crippen LogP contribution in [-0.4, -0.2) is 23.2 Å². The van der Waals surface area contributed by atoms with Gasteiger partial charge < -0.3 is 0 Å². The first-order valence-corrected chi connectivity index (χ1v) is 8.98. The molecular formula is C17H18N4O2S. The molecule has 0 saturated carbocycles. The van der Waals surface area contributed by atoms with Crippen molar-refractivity contribution in [2.24, 2.45) is 0 Å². The van der Waals surface area contributed by atoms with Crippen molar-refractivity contribution in [3.05, 3.63) is 72.3 Å². The van der Waals surface area contributed by atoms with Crippen LogP contribution in [0.3, 0.4) is 0 Å². The number of sulfonamides is 1. The van der Waals surface area contributed by atoms with Gasteiger partial charge in [-0.2, -0.15) is 5.10 Å². The van der Waals surface area contributed by atoms with Gasteiger partial charge in [0.1, 0.15) is 12.7 Å². The van der Waals surface area contributed by atoms with E-state index in [0.29, 0.717) is 0 Å². The van der Waals surface area contributed by atoms with Crippen molar-refractivity contribution < 1.29 is 8.42 Å². The van der Waals surface area contributed by atoms with Gasteiger partial charge in [-0.15, -0.1) is 0 Å². The van der Waals surface area contributed by atoms with Gasteiger partial charge in [-0.3, -0.25) is 0 Å². The topological polar surface area (TPSA) is 76.9 Å². The van der Waals surface area contributed by atoms with E-state index >= 15 is 0 Å². The minimum atomic E-state index is -3.56. The summed E-state index contributed by atoms with van der Waals surface area (Å²) in [5.41, 5.74) is 2.75. The van der Waals surface area contributed by atoms with Crippen molar-refractivity contribution in [3.63, 3.8) is 0 Å². The van der Waals surface area contributed by atoms with Crippen LogP contribution in [0.5, 0.6) is 0 Å². The highest BCUT2D eigenvalue weighted by atomic mass is 32.2. The van der Waals surface area contributed by atoms with E-state index in [-0.39, 0.29) is 10.9 Å². The van der Waals surface area contributed by atoms with E-state index in [1.807, 2.05) is 38.1 Å². The highest BCUT2D eigenvalue weighted by Crippen LogP contribution is 2.18. The zero-order chi connectivity index (χ0) is 17.2. The van der Waals surface area contributed by atoms with Crippen molar-refractivity contribution in [3.8, 4) is 5.69 Å². The zero-order valence-corrected chi connectivity index (χ0v) is 14.2. The molecule has 0 amide bonds. The Kier molecular flexibility index (Phi) is 4.46. The highest BCUT2D eigenvalue weighted by molar-refractivity contribution is 7.89. The number of hydrogen-bond donors (Lipinski definition) is 1. The van der Waals surface area contributed by atoms with E-state index in [2.05, 4.69) is 14.8 Å². The molecule has 1 heterocycles. The molecular weight excluding hydrogens is 324 g/mol. The molecule has 0 fully saturated rings. The summed E-state index contributed by atoms with van der Waals surface area (Å²) >= 11 is 0. The Morgan fingerprint density at radius 1 is 1.04 bits per heavy atom. The molecule has 0 bridgehead atoms. The van der Waals surface area contributed by atoms with Gasteiger partial charge in [0.15, 0.2) is 0 Å². The molecule has 6 nitrogen and oxygen atoms in total. The number of benzene rings is 2. The van der Waals surface area contributed by atoms with Gasteiger partial charge in [-0.1, -0.05) is 29.8 Å². The second-order valence-corrected chi connectivity index (χ2v) is 7.30. The molecule has 3 rings (SSSR count). The standard InChI is InChI=1S/C17H18N4O2S/c1-13-3-9-17(10-4-13)24(22,23)20-14(2)15-5-7-16(8-6-15)21-12-18-11-19-21/h3-12,14,20H,1-2H3. The van der Waals surface area contributed by atoms with Crippen molar-refractivity contribution in [1.29, 1.82) is 0 Å². The molecule has 124 valence electrons. The van der Waals surface area contributed by atoms with Crippen LogP contribution in [0.2, 0.25) is 0 Å². The highest BCUT2D eigenvalue weighted by Gasteiger charge is 2.18. The number of nitrogens with zero attached hydrogens (tertiary/aromatic N) is 3. The predicted octanol–water partition coefficient (Wildman–Crippen LogP) is 2.62. The third-order valence-corrected chi connectivity index (χ3v) is 5.30. The minimum absolute atomic E-state index is 0.263. The molecule has 1 atom stereocenters. The molecule has 0 radical (unpaired) electrons. The molecule has 1 unspecified atom stereocenters. The molecule has 3 aromatic rings. The molecule has 1 N–H and O–H groups in total. The predicted molar refractivity (Wildman–Crippen MR) is 91.3 cm³/mol. The summed E-state index contributed by atoms with van der Waals surface area (Å²) in [4.78, 5) is 4.17. The van der Waals surface area contributed by atoms with Gasteiger partial charge in [0.2, 0.25) is 10.0 Å². The fourth-order valence-electron chi connectivity index (χ4n) is 2.34. The number of aryl methyl sites for hydroxylation is 1. The SMILES string of the molecule is Cc1ccc(S(=O)(=O)NC(C)c2ccc(-n3cncn3)cc2)cc1. The van der Waals surface area contributed by atoms with E-state index in [1.54, 1.807) is 35.3 Å². The number of aromatic nitrogens is 3. The summed E-state index contributed by atoms with van der Waals surface area (Å²) in [5, 5.41) is 4.06.